The van der Waals surface area contributed by atoms with Gasteiger partial charge in [-0.2, -0.15) is 0 Å². The Morgan fingerprint density at radius 3 is 3.00 bits per heavy atom. The summed E-state index contributed by atoms with van der Waals surface area (Å²) in [6.45, 7) is 0.597. The van der Waals surface area contributed by atoms with E-state index in [-0.39, 0.29) is 18.4 Å². The first-order valence-corrected chi connectivity index (χ1v) is 4.35. The molecule has 0 bridgehead atoms. The lowest BCUT2D eigenvalue weighted by atomic mass is 10.0. The standard InChI is InChI=1S/C10H13NO2.ClH/c1-12-9-3-2-7-4-8(11)6-13-10(7)5-9;/h2-3,5,8H,4,6,11H2,1H3;1H/t8-;/m0./s1. The average molecular weight is 216 g/mol. The van der Waals surface area contributed by atoms with E-state index in [4.69, 9.17) is 15.2 Å². The normalized spacial score (nSPS) is 18.9. The maximum atomic E-state index is 5.76. The van der Waals surface area contributed by atoms with Gasteiger partial charge in [0.25, 0.3) is 0 Å². The molecule has 14 heavy (non-hydrogen) atoms. The molecule has 0 radical (unpaired) electrons. The molecule has 2 rings (SSSR count). The molecule has 78 valence electrons. The molecule has 2 N–H and O–H groups in total. The van der Waals surface area contributed by atoms with Crippen LogP contribution in [0.1, 0.15) is 5.56 Å². The molecule has 1 aromatic rings. The first-order valence-electron chi connectivity index (χ1n) is 4.35. The summed E-state index contributed by atoms with van der Waals surface area (Å²) in [6.07, 6.45) is 0.888. The SMILES string of the molecule is COc1ccc2c(c1)OC[C@@H](N)C2.Cl. The van der Waals surface area contributed by atoms with Gasteiger partial charge >= 0.3 is 0 Å². The molecular formula is C10H14ClNO2. The minimum atomic E-state index is 0. The Labute approximate surface area is 89.6 Å². The van der Waals surface area contributed by atoms with Crippen LogP contribution in [0, 0.1) is 0 Å². The number of fused-ring (bicyclic) bond motifs is 1. The first-order chi connectivity index (χ1) is 6.29. The van der Waals surface area contributed by atoms with Crippen molar-refractivity contribution in [1.82, 2.24) is 0 Å². The Balaban J connectivity index is 0.000000980. The quantitative estimate of drug-likeness (QED) is 0.770. The van der Waals surface area contributed by atoms with Crippen LogP contribution in [-0.2, 0) is 6.42 Å². The number of rotatable bonds is 1. The Hall–Kier alpha value is -0.930. The smallest absolute Gasteiger partial charge is 0.126 e. The fraction of sp³-hybridized carbons (Fsp3) is 0.400. The van der Waals surface area contributed by atoms with Crippen LogP contribution in [0.2, 0.25) is 0 Å². The van der Waals surface area contributed by atoms with Crippen molar-refractivity contribution in [3.05, 3.63) is 23.8 Å². The molecule has 1 aliphatic heterocycles. The number of ether oxygens (including phenoxy) is 2. The Morgan fingerprint density at radius 2 is 2.29 bits per heavy atom. The van der Waals surface area contributed by atoms with Crippen molar-refractivity contribution in [2.75, 3.05) is 13.7 Å². The highest BCUT2D eigenvalue weighted by Crippen LogP contribution is 2.28. The molecule has 0 aromatic heterocycles. The summed E-state index contributed by atoms with van der Waals surface area (Å²) in [6, 6.07) is 5.97. The minimum Gasteiger partial charge on any atom is -0.497 e. The Morgan fingerprint density at radius 1 is 1.50 bits per heavy atom. The molecule has 1 aromatic carbocycles. The average Bonchev–Trinajstić information content (AvgIpc) is 2.17. The van der Waals surface area contributed by atoms with E-state index in [2.05, 4.69) is 0 Å². The second-order valence-electron chi connectivity index (χ2n) is 3.25. The number of halogens is 1. The fourth-order valence-corrected chi connectivity index (χ4v) is 1.50. The molecular weight excluding hydrogens is 202 g/mol. The summed E-state index contributed by atoms with van der Waals surface area (Å²) < 4.78 is 10.6. The van der Waals surface area contributed by atoms with Crippen molar-refractivity contribution in [2.45, 2.75) is 12.5 Å². The molecule has 0 aliphatic carbocycles. The third-order valence-corrected chi connectivity index (χ3v) is 2.21. The largest absolute Gasteiger partial charge is 0.497 e. The first kappa shape index (κ1) is 11.1. The molecule has 1 heterocycles. The van der Waals surface area contributed by atoms with Crippen molar-refractivity contribution in [2.24, 2.45) is 5.73 Å². The van der Waals surface area contributed by atoms with Gasteiger partial charge in [0.2, 0.25) is 0 Å². The summed E-state index contributed by atoms with van der Waals surface area (Å²) >= 11 is 0. The van der Waals surface area contributed by atoms with E-state index < -0.39 is 0 Å². The number of benzene rings is 1. The molecule has 0 fully saturated rings. The van der Waals surface area contributed by atoms with E-state index >= 15 is 0 Å². The van der Waals surface area contributed by atoms with Crippen LogP contribution in [0.5, 0.6) is 11.5 Å². The lowest BCUT2D eigenvalue weighted by Crippen LogP contribution is -2.33. The van der Waals surface area contributed by atoms with Crippen molar-refractivity contribution in [3.8, 4) is 11.5 Å². The molecule has 1 atom stereocenters. The lowest BCUT2D eigenvalue weighted by Gasteiger charge is -2.22. The van der Waals surface area contributed by atoms with E-state index in [0.717, 1.165) is 17.9 Å². The van der Waals surface area contributed by atoms with Gasteiger partial charge < -0.3 is 15.2 Å². The maximum absolute atomic E-state index is 5.76. The summed E-state index contributed by atoms with van der Waals surface area (Å²) in [5, 5.41) is 0. The highest BCUT2D eigenvalue weighted by atomic mass is 35.5. The number of hydrogen-bond acceptors (Lipinski definition) is 3. The third kappa shape index (κ3) is 2.11. The van der Waals surface area contributed by atoms with Crippen LogP contribution >= 0.6 is 12.4 Å². The monoisotopic (exact) mass is 215 g/mol. The zero-order valence-electron chi connectivity index (χ0n) is 8.03. The molecule has 3 nitrogen and oxygen atoms in total. The molecule has 0 saturated carbocycles. The van der Waals surface area contributed by atoms with Gasteiger partial charge in [0, 0.05) is 12.1 Å². The third-order valence-electron chi connectivity index (χ3n) is 2.21. The van der Waals surface area contributed by atoms with Gasteiger partial charge in [-0.1, -0.05) is 6.07 Å². The van der Waals surface area contributed by atoms with Gasteiger partial charge in [0.05, 0.1) is 7.11 Å². The van der Waals surface area contributed by atoms with Gasteiger partial charge in [0.1, 0.15) is 18.1 Å². The highest BCUT2D eigenvalue weighted by Gasteiger charge is 2.16. The molecule has 4 heteroatoms. The van der Waals surface area contributed by atoms with Gasteiger partial charge in [-0.05, 0) is 18.1 Å². The van der Waals surface area contributed by atoms with Crippen LogP contribution in [-0.4, -0.2) is 19.8 Å². The summed E-state index contributed by atoms with van der Waals surface area (Å²) in [5.74, 6) is 1.73. The zero-order valence-corrected chi connectivity index (χ0v) is 8.84. The van der Waals surface area contributed by atoms with Gasteiger partial charge in [-0.3, -0.25) is 0 Å². The zero-order chi connectivity index (χ0) is 9.26. The maximum Gasteiger partial charge on any atom is 0.126 e. The van der Waals surface area contributed by atoms with Crippen LogP contribution < -0.4 is 15.2 Å². The topological polar surface area (TPSA) is 44.5 Å². The molecule has 0 amide bonds. The predicted octanol–water partition coefficient (Wildman–Crippen LogP) is 1.38. The fourth-order valence-electron chi connectivity index (χ4n) is 1.50. The number of nitrogens with two attached hydrogens (primary N) is 1. The van der Waals surface area contributed by atoms with Crippen molar-refractivity contribution < 1.29 is 9.47 Å². The predicted molar refractivity (Wildman–Crippen MR) is 57.4 cm³/mol. The van der Waals surface area contributed by atoms with Gasteiger partial charge in [-0.25, -0.2) is 0 Å². The number of hydrogen-bond donors (Lipinski definition) is 1. The van der Waals surface area contributed by atoms with E-state index in [1.54, 1.807) is 7.11 Å². The van der Waals surface area contributed by atoms with Crippen molar-refractivity contribution >= 4 is 12.4 Å². The summed E-state index contributed by atoms with van der Waals surface area (Å²) in [7, 11) is 1.65. The summed E-state index contributed by atoms with van der Waals surface area (Å²) in [4.78, 5) is 0. The van der Waals surface area contributed by atoms with Crippen molar-refractivity contribution in [3.63, 3.8) is 0 Å². The highest BCUT2D eigenvalue weighted by molar-refractivity contribution is 5.85. The van der Waals surface area contributed by atoms with E-state index in [1.807, 2.05) is 18.2 Å². The van der Waals surface area contributed by atoms with Crippen LogP contribution in [0.25, 0.3) is 0 Å². The second kappa shape index (κ2) is 4.53. The Kier molecular flexibility index (Phi) is 3.61. The van der Waals surface area contributed by atoms with Gasteiger partial charge in [0.15, 0.2) is 0 Å². The number of methoxy groups -OCH3 is 1. The van der Waals surface area contributed by atoms with E-state index in [9.17, 15) is 0 Å². The van der Waals surface area contributed by atoms with Crippen molar-refractivity contribution in [1.29, 1.82) is 0 Å². The lowest BCUT2D eigenvalue weighted by molar-refractivity contribution is 0.262. The molecule has 0 unspecified atom stereocenters. The van der Waals surface area contributed by atoms with Crippen LogP contribution in [0.4, 0.5) is 0 Å². The minimum absolute atomic E-state index is 0. The van der Waals surface area contributed by atoms with E-state index in [1.165, 1.54) is 5.56 Å². The van der Waals surface area contributed by atoms with E-state index in [0.29, 0.717) is 6.61 Å². The molecule has 0 saturated heterocycles. The Bertz CT molecular complexity index is 317. The van der Waals surface area contributed by atoms with Crippen LogP contribution in [0.3, 0.4) is 0 Å². The summed E-state index contributed by atoms with van der Waals surface area (Å²) in [5.41, 5.74) is 6.93. The van der Waals surface area contributed by atoms with Crippen LogP contribution in [0.15, 0.2) is 18.2 Å². The second-order valence-corrected chi connectivity index (χ2v) is 3.25. The molecule has 0 spiro atoms. The van der Waals surface area contributed by atoms with Gasteiger partial charge in [-0.15, -0.1) is 12.4 Å². The molecule has 1 aliphatic rings.